The van der Waals surface area contributed by atoms with Crippen molar-refractivity contribution in [2.75, 3.05) is 0 Å². The van der Waals surface area contributed by atoms with Crippen LogP contribution in [0.15, 0.2) is 0 Å². The first-order valence-corrected chi connectivity index (χ1v) is 2.77. The fourth-order valence-corrected chi connectivity index (χ4v) is 0.728. The van der Waals surface area contributed by atoms with Gasteiger partial charge in [-0.05, 0) is 23.2 Å². The summed E-state index contributed by atoms with van der Waals surface area (Å²) in [5.41, 5.74) is 0. The lowest BCUT2D eigenvalue weighted by Crippen LogP contribution is -1.75. The number of carbonyl (C=O) groups is 2. The second kappa shape index (κ2) is 3.29. The van der Waals surface area contributed by atoms with Crippen LogP contribution in [0.3, 0.4) is 0 Å². The van der Waals surface area contributed by atoms with Crippen molar-refractivity contribution in [2.24, 2.45) is 0 Å². The lowest BCUT2D eigenvalue weighted by Gasteiger charge is -1.75. The first-order chi connectivity index (χ1) is 3.13. The summed E-state index contributed by atoms with van der Waals surface area (Å²) in [6, 6.07) is 0. The van der Waals surface area contributed by atoms with E-state index >= 15 is 0 Å². The van der Waals surface area contributed by atoms with Crippen LogP contribution < -0.4 is 0 Å². The van der Waals surface area contributed by atoms with Gasteiger partial charge in [0.25, 0.3) is 9.15 Å². The van der Waals surface area contributed by atoms with Crippen LogP contribution in [0.5, 0.6) is 0 Å². The zero-order chi connectivity index (χ0) is 5.86. The number of hydrogen-bond acceptors (Lipinski definition) is 3. The fourth-order valence-electron chi connectivity index (χ4n) is 0.0631. The first-order valence-electron chi connectivity index (χ1n) is 1.19. The Morgan fingerprint density at radius 3 is 1.43 bits per heavy atom. The normalized spacial score (nSPS) is 8.29. The SMILES string of the molecule is O=C(Cl)SC(=O)Cl. The lowest BCUT2D eigenvalue weighted by molar-refractivity contribution is 0.273. The molecule has 0 aliphatic carbocycles. The Labute approximate surface area is 54.2 Å². The van der Waals surface area contributed by atoms with Crippen molar-refractivity contribution < 1.29 is 9.59 Å². The summed E-state index contributed by atoms with van der Waals surface area (Å²) in [6.07, 6.45) is 0. The van der Waals surface area contributed by atoms with Crippen molar-refractivity contribution >= 4 is 44.1 Å². The van der Waals surface area contributed by atoms with Crippen LogP contribution in [0.2, 0.25) is 0 Å². The molecule has 0 spiro atoms. The predicted molar refractivity (Wildman–Crippen MR) is 30.1 cm³/mol. The molecule has 0 unspecified atom stereocenters. The maximum absolute atomic E-state index is 9.68. The average Bonchev–Trinajstić information content (AvgIpc) is 1.27. The number of carbonyl (C=O) groups excluding carboxylic acids is 2. The largest absolute Gasteiger partial charge is 0.288 e. The van der Waals surface area contributed by atoms with Gasteiger partial charge in [-0.1, -0.05) is 0 Å². The van der Waals surface area contributed by atoms with E-state index in [4.69, 9.17) is 23.2 Å². The maximum Gasteiger partial charge on any atom is 0.288 e. The summed E-state index contributed by atoms with van der Waals surface area (Å²) in [5.74, 6) is 0. The van der Waals surface area contributed by atoms with Crippen LogP contribution in [0, 0.1) is 0 Å². The Hall–Kier alpha value is 0.270. The average molecular weight is 159 g/mol. The molecule has 0 aliphatic heterocycles. The molecule has 0 aromatic carbocycles. The summed E-state index contributed by atoms with van der Waals surface area (Å²) >= 11 is 9.65. The Kier molecular flexibility index (Phi) is 3.42. The molecule has 0 fully saturated rings. The molecule has 5 heteroatoms. The van der Waals surface area contributed by atoms with Crippen LogP contribution in [0.25, 0.3) is 0 Å². The van der Waals surface area contributed by atoms with Gasteiger partial charge in [0.2, 0.25) is 0 Å². The van der Waals surface area contributed by atoms with Crippen LogP contribution in [-0.2, 0) is 0 Å². The van der Waals surface area contributed by atoms with Crippen LogP contribution in [-0.4, -0.2) is 9.15 Å². The van der Waals surface area contributed by atoms with Crippen molar-refractivity contribution in [3.05, 3.63) is 0 Å². The zero-order valence-corrected chi connectivity index (χ0v) is 5.31. The first kappa shape index (κ1) is 7.27. The second-order valence-corrected chi connectivity index (χ2v) is 2.66. The lowest BCUT2D eigenvalue weighted by atomic mass is 11.8. The van der Waals surface area contributed by atoms with Gasteiger partial charge in [0, 0.05) is 11.8 Å². The Bertz CT molecular complexity index is 89.9. The highest BCUT2D eigenvalue weighted by molar-refractivity contribution is 8.30. The molecule has 0 N–H and O–H groups in total. The molecule has 0 saturated carbocycles. The Balaban J connectivity index is 3.32. The number of thioether (sulfide) groups is 1. The molecule has 0 heterocycles. The Morgan fingerprint density at radius 1 is 1.14 bits per heavy atom. The van der Waals surface area contributed by atoms with E-state index in [-0.39, 0.29) is 11.8 Å². The van der Waals surface area contributed by atoms with E-state index in [0.717, 1.165) is 0 Å². The quantitative estimate of drug-likeness (QED) is 0.509. The topological polar surface area (TPSA) is 34.1 Å². The molecule has 7 heavy (non-hydrogen) atoms. The van der Waals surface area contributed by atoms with E-state index in [2.05, 4.69) is 0 Å². The summed E-state index contributed by atoms with van der Waals surface area (Å²) < 4.78 is -1.61. The van der Waals surface area contributed by atoms with Crippen LogP contribution in [0.4, 0.5) is 9.59 Å². The van der Waals surface area contributed by atoms with Crippen molar-refractivity contribution in [3.63, 3.8) is 0 Å². The van der Waals surface area contributed by atoms with Crippen LogP contribution in [0.1, 0.15) is 0 Å². The van der Waals surface area contributed by atoms with Crippen molar-refractivity contribution in [1.82, 2.24) is 0 Å². The molecule has 2 nitrogen and oxygen atoms in total. The molecule has 0 atom stereocenters. The van der Waals surface area contributed by atoms with Gasteiger partial charge < -0.3 is 0 Å². The van der Waals surface area contributed by atoms with Gasteiger partial charge in [0.1, 0.15) is 0 Å². The molecule has 0 rings (SSSR count). The number of rotatable bonds is 0. The highest BCUT2D eigenvalue weighted by atomic mass is 35.5. The van der Waals surface area contributed by atoms with E-state index in [9.17, 15) is 9.59 Å². The molecule has 0 amide bonds. The molecular weight excluding hydrogens is 159 g/mol. The summed E-state index contributed by atoms with van der Waals surface area (Å²) in [5, 5.41) is 0. The molecular formula is C2Cl2O2S. The second-order valence-electron chi connectivity index (χ2n) is 0.577. The summed E-state index contributed by atoms with van der Waals surface area (Å²) in [7, 11) is 0. The fraction of sp³-hybridized carbons (Fsp3) is 0. The van der Waals surface area contributed by atoms with E-state index < -0.39 is 9.15 Å². The maximum atomic E-state index is 9.68. The van der Waals surface area contributed by atoms with Gasteiger partial charge in [-0.2, -0.15) is 0 Å². The van der Waals surface area contributed by atoms with Gasteiger partial charge in [-0.15, -0.1) is 0 Å². The number of hydrogen-bond donors (Lipinski definition) is 0. The van der Waals surface area contributed by atoms with E-state index in [1.54, 1.807) is 0 Å². The van der Waals surface area contributed by atoms with Gasteiger partial charge >= 0.3 is 0 Å². The van der Waals surface area contributed by atoms with Crippen molar-refractivity contribution in [2.45, 2.75) is 0 Å². The Morgan fingerprint density at radius 2 is 1.43 bits per heavy atom. The van der Waals surface area contributed by atoms with Crippen molar-refractivity contribution in [1.29, 1.82) is 0 Å². The molecule has 0 aromatic heterocycles. The van der Waals surface area contributed by atoms with Gasteiger partial charge in [0.05, 0.1) is 0 Å². The third-order valence-electron chi connectivity index (χ3n) is 0.160. The van der Waals surface area contributed by atoms with Gasteiger partial charge in [0.15, 0.2) is 0 Å². The van der Waals surface area contributed by atoms with E-state index in [0.29, 0.717) is 0 Å². The monoisotopic (exact) mass is 158 g/mol. The minimum Gasteiger partial charge on any atom is -0.268 e. The third-order valence-corrected chi connectivity index (χ3v) is 0.944. The molecule has 0 radical (unpaired) electrons. The van der Waals surface area contributed by atoms with Crippen molar-refractivity contribution in [3.8, 4) is 0 Å². The van der Waals surface area contributed by atoms with E-state index in [1.807, 2.05) is 0 Å². The minimum atomic E-state index is -0.806. The molecule has 0 aromatic rings. The summed E-state index contributed by atoms with van der Waals surface area (Å²) in [6.45, 7) is 0. The number of halogens is 2. The highest BCUT2D eigenvalue weighted by Gasteiger charge is 2.01. The molecule has 40 valence electrons. The standard InChI is InChI=1S/C2Cl2O2S/c3-1(5)7-2(4)6. The van der Waals surface area contributed by atoms with E-state index in [1.165, 1.54) is 0 Å². The predicted octanol–water partition coefficient (Wildman–Crippen LogP) is 2.44. The van der Waals surface area contributed by atoms with Gasteiger partial charge in [-0.3, -0.25) is 9.59 Å². The third kappa shape index (κ3) is 6.27. The van der Waals surface area contributed by atoms with Gasteiger partial charge in [-0.25, -0.2) is 0 Å². The molecule has 0 saturated heterocycles. The molecule has 0 aliphatic rings. The minimum absolute atomic E-state index is 0.262. The zero-order valence-electron chi connectivity index (χ0n) is 2.98. The summed E-state index contributed by atoms with van der Waals surface area (Å²) in [4.78, 5) is 19.4. The van der Waals surface area contributed by atoms with Crippen LogP contribution >= 0.6 is 35.0 Å². The molecule has 0 bridgehead atoms. The smallest absolute Gasteiger partial charge is 0.268 e. The highest BCUT2D eigenvalue weighted by Crippen LogP contribution is 2.11.